The molecule has 1 aromatic heterocycles. The van der Waals surface area contributed by atoms with Crippen molar-refractivity contribution in [1.29, 1.82) is 0 Å². The maximum absolute atomic E-state index is 10.6. The molecule has 4 heteroatoms. The van der Waals surface area contributed by atoms with Crippen LogP contribution in [0.1, 0.15) is 16.3 Å². The number of aromatic nitrogens is 2. The fourth-order valence-electron chi connectivity index (χ4n) is 1.42. The highest BCUT2D eigenvalue weighted by Crippen LogP contribution is 2.13. The van der Waals surface area contributed by atoms with E-state index in [1.165, 1.54) is 3.57 Å². The van der Waals surface area contributed by atoms with Crippen LogP contribution in [0.3, 0.4) is 0 Å². The Balaban J connectivity index is 2.48. The van der Waals surface area contributed by atoms with Crippen LogP contribution in [-0.4, -0.2) is 15.8 Å². The minimum atomic E-state index is 0.464. The summed E-state index contributed by atoms with van der Waals surface area (Å²) in [7, 11) is 0. The van der Waals surface area contributed by atoms with Gasteiger partial charge in [-0.1, -0.05) is 0 Å². The Kier molecular flexibility index (Phi) is 2.86. The Labute approximate surface area is 101 Å². The molecule has 1 heterocycles. The summed E-state index contributed by atoms with van der Waals surface area (Å²) in [5.74, 6) is 0.818. The lowest BCUT2D eigenvalue weighted by Crippen LogP contribution is -1.94. The van der Waals surface area contributed by atoms with Gasteiger partial charge in [0.05, 0.1) is 0 Å². The first kappa shape index (κ1) is 10.4. The summed E-state index contributed by atoms with van der Waals surface area (Å²) < 4.78 is 3.09. The van der Waals surface area contributed by atoms with Gasteiger partial charge in [-0.15, -0.1) is 0 Å². The zero-order valence-corrected chi connectivity index (χ0v) is 10.3. The van der Waals surface area contributed by atoms with Gasteiger partial charge in [-0.25, -0.2) is 4.98 Å². The van der Waals surface area contributed by atoms with Crippen LogP contribution in [0.15, 0.2) is 30.5 Å². The van der Waals surface area contributed by atoms with E-state index in [1.807, 2.05) is 35.8 Å². The van der Waals surface area contributed by atoms with Crippen LogP contribution in [0.4, 0.5) is 0 Å². The van der Waals surface area contributed by atoms with Gasteiger partial charge in [0.1, 0.15) is 11.5 Å². The van der Waals surface area contributed by atoms with Crippen LogP contribution < -0.4 is 0 Å². The molecule has 3 nitrogen and oxygen atoms in total. The van der Waals surface area contributed by atoms with E-state index in [1.54, 1.807) is 6.20 Å². The summed E-state index contributed by atoms with van der Waals surface area (Å²) in [6.07, 6.45) is 2.50. The van der Waals surface area contributed by atoms with E-state index in [2.05, 4.69) is 27.6 Å². The number of hydrogen-bond donors (Lipinski definition) is 0. The van der Waals surface area contributed by atoms with Gasteiger partial charge < -0.3 is 4.57 Å². The number of rotatable bonds is 2. The first-order chi connectivity index (χ1) is 7.20. The molecular weight excluding hydrogens is 303 g/mol. The lowest BCUT2D eigenvalue weighted by Gasteiger charge is -2.03. The van der Waals surface area contributed by atoms with Crippen molar-refractivity contribution in [2.24, 2.45) is 0 Å². The van der Waals surface area contributed by atoms with Crippen molar-refractivity contribution in [2.45, 2.75) is 6.92 Å². The zero-order valence-electron chi connectivity index (χ0n) is 8.14. The van der Waals surface area contributed by atoms with E-state index in [9.17, 15) is 4.79 Å². The summed E-state index contributed by atoms with van der Waals surface area (Å²) >= 11 is 2.26. The highest BCUT2D eigenvalue weighted by Gasteiger charge is 2.04. The number of carbonyl (C=O) groups excluding carboxylic acids is 1. The van der Waals surface area contributed by atoms with E-state index in [0.717, 1.165) is 17.8 Å². The number of hydrogen-bond acceptors (Lipinski definition) is 2. The van der Waals surface area contributed by atoms with Gasteiger partial charge in [0.15, 0.2) is 6.29 Å². The molecule has 0 unspecified atom stereocenters. The zero-order chi connectivity index (χ0) is 10.8. The number of carbonyl (C=O) groups is 1. The van der Waals surface area contributed by atoms with Gasteiger partial charge >= 0.3 is 0 Å². The van der Waals surface area contributed by atoms with E-state index in [4.69, 9.17) is 0 Å². The largest absolute Gasteiger partial charge is 0.303 e. The summed E-state index contributed by atoms with van der Waals surface area (Å²) in [6, 6.07) is 8.06. The standard InChI is InChI=1S/C11H9IN2O/c1-8-13-10(7-15)6-14(8)11-4-2-9(12)3-5-11/h2-7H,1H3. The van der Waals surface area contributed by atoms with Crippen LogP contribution in [0.2, 0.25) is 0 Å². The van der Waals surface area contributed by atoms with Crippen LogP contribution in [0.25, 0.3) is 5.69 Å². The number of imidazole rings is 1. The second kappa shape index (κ2) is 4.14. The smallest absolute Gasteiger partial charge is 0.170 e. The second-order valence-corrected chi connectivity index (χ2v) is 4.42. The lowest BCUT2D eigenvalue weighted by molar-refractivity contribution is 0.111. The third-order valence-corrected chi connectivity index (χ3v) is 2.85. The molecule has 0 saturated carbocycles. The SMILES string of the molecule is Cc1nc(C=O)cn1-c1ccc(I)cc1. The van der Waals surface area contributed by atoms with Crippen molar-refractivity contribution in [3.63, 3.8) is 0 Å². The molecule has 2 rings (SSSR count). The molecule has 0 spiro atoms. The van der Waals surface area contributed by atoms with Crippen molar-refractivity contribution in [1.82, 2.24) is 9.55 Å². The fraction of sp³-hybridized carbons (Fsp3) is 0.0909. The molecule has 0 bridgehead atoms. The normalized spacial score (nSPS) is 10.3. The van der Waals surface area contributed by atoms with Crippen LogP contribution >= 0.6 is 22.6 Å². The third-order valence-electron chi connectivity index (χ3n) is 2.13. The molecule has 0 fully saturated rings. The summed E-state index contributed by atoms with van der Waals surface area (Å²) in [4.78, 5) is 14.7. The number of benzene rings is 1. The molecule has 0 aliphatic carbocycles. The number of aldehydes is 1. The predicted octanol–water partition coefficient (Wildman–Crippen LogP) is 2.60. The summed E-state index contributed by atoms with van der Waals surface area (Å²) in [6.45, 7) is 1.88. The van der Waals surface area contributed by atoms with Crippen molar-refractivity contribution in [3.8, 4) is 5.69 Å². The molecule has 0 atom stereocenters. The minimum absolute atomic E-state index is 0.464. The average Bonchev–Trinajstić information content (AvgIpc) is 2.61. The highest BCUT2D eigenvalue weighted by molar-refractivity contribution is 14.1. The van der Waals surface area contributed by atoms with Gasteiger partial charge in [0.2, 0.25) is 0 Å². The molecular formula is C11H9IN2O. The second-order valence-electron chi connectivity index (χ2n) is 3.18. The quantitative estimate of drug-likeness (QED) is 0.631. The third kappa shape index (κ3) is 2.09. The topological polar surface area (TPSA) is 34.9 Å². The molecule has 0 aliphatic rings. The van der Waals surface area contributed by atoms with Crippen LogP contribution in [-0.2, 0) is 0 Å². The van der Waals surface area contributed by atoms with Crippen LogP contribution in [0.5, 0.6) is 0 Å². The first-order valence-corrected chi connectivity index (χ1v) is 5.55. The van der Waals surface area contributed by atoms with Gasteiger partial charge in [-0.05, 0) is 53.8 Å². The highest BCUT2D eigenvalue weighted by atomic mass is 127. The number of halogens is 1. The van der Waals surface area contributed by atoms with Crippen LogP contribution in [0, 0.1) is 10.5 Å². The van der Waals surface area contributed by atoms with Gasteiger partial charge in [0.25, 0.3) is 0 Å². The molecule has 0 amide bonds. The maximum atomic E-state index is 10.6. The first-order valence-electron chi connectivity index (χ1n) is 4.48. The molecule has 2 aromatic rings. The molecule has 76 valence electrons. The fourth-order valence-corrected chi connectivity index (χ4v) is 1.77. The minimum Gasteiger partial charge on any atom is -0.303 e. The van der Waals surface area contributed by atoms with Crippen molar-refractivity contribution < 1.29 is 4.79 Å². The Morgan fingerprint density at radius 3 is 2.53 bits per heavy atom. The molecule has 15 heavy (non-hydrogen) atoms. The molecule has 0 radical (unpaired) electrons. The van der Waals surface area contributed by atoms with Crippen molar-refractivity contribution in [3.05, 3.63) is 45.6 Å². The maximum Gasteiger partial charge on any atom is 0.170 e. The van der Waals surface area contributed by atoms with E-state index in [0.29, 0.717) is 5.69 Å². The Morgan fingerprint density at radius 1 is 1.33 bits per heavy atom. The molecule has 1 aromatic carbocycles. The van der Waals surface area contributed by atoms with Gasteiger partial charge in [-0.3, -0.25) is 4.79 Å². The molecule has 0 saturated heterocycles. The Bertz CT molecular complexity index is 488. The van der Waals surface area contributed by atoms with Gasteiger partial charge in [0, 0.05) is 15.5 Å². The summed E-state index contributed by atoms with van der Waals surface area (Å²) in [5, 5.41) is 0. The number of aryl methyl sites for hydroxylation is 1. The number of nitrogens with zero attached hydrogens (tertiary/aromatic N) is 2. The van der Waals surface area contributed by atoms with E-state index >= 15 is 0 Å². The van der Waals surface area contributed by atoms with E-state index < -0.39 is 0 Å². The van der Waals surface area contributed by atoms with Crippen molar-refractivity contribution in [2.75, 3.05) is 0 Å². The molecule has 0 N–H and O–H groups in total. The summed E-state index contributed by atoms with van der Waals surface area (Å²) in [5.41, 5.74) is 1.49. The average molecular weight is 312 g/mol. The Hall–Kier alpha value is -1.17. The molecule has 0 aliphatic heterocycles. The van der Waals surface area contributed by atoms with E-state index in [-0.39, 0.29) is 0 Å². The lowest BCUT2D eigenvalue weighted by atomic mass is 10.3. The van der Waals surface area contributed by atoms with Gasteiger partial charge in [-0.2, -0.15) is 0 Å². The van der Waals surface area contributed by atoms with Crippen molar-refractivity contribution >= 4 is 28.9 Å². The Morgan fingerprint density at radius 2 is 2.00 bits per heavy atom. The monoisotopic (exact) mass is 312 g/mol. The predicted molar refractivity (Wildman–Crippen MR) is 66.4 cm³/mol.